The molecule has 0 spiro atoms. The Balaban J connectivity index is 2.78. The van der Waals surface area contributed by atoms with Crippen molar-refractivity contribution in [1.82, 2.24) is 4.72 Å². The zero-order valence-electron chi connectivity index (χ0n) is 12.8. The molecule has 1 aromatic rings. The molecule has 0 radical (unpaired) electrons. The highest BCUT2D eigenvalue weighted by molar-refractivity contribution is 9.09. The first-order chi connectivity index (χ1) is 9.01. The number of hydrogen-bond donors (Lipinski definition) is 1. The van der Waals surface area contributed by atoms with Gasteiger partial charge in [0, 0.05) is 11.4 Å². The van der Waals surface area contributed by atoms with Gasteiger partial charge in [-0.1, -0.05) is 48.8 Å². The topological polar surface area (TPSA) is 46.2 Å². The molecule has 1 aromatic carbocycles. The van der Waals surface area contributed by atoms with Crippen molar-refractivity contribution < 1.29 is 8.42 Å². The van der Waals surface area contributed by atoms with E-state index in [2.05, 4.69) is 41.4 Å². The first-order valence-electron chi connectivity index (χ1n) is 6.72. The lowest BCUT2D eigenvalue weighted by Gasteiger charge is -2.22. The van der Waals surface area contributed by atoms with Crippen LogP contribution in [-0.4, -0.2) is 19.8 Å². The molecule has 0 fully saturated rings. The first kappa shape index (κ1) is 17.7. The standard InChI is InChI=1S/C15H24BrNO2S/c1-11-6-7-12(2)14(8-11)20(18,19)17-10-13(16)9-15(3,4)5/h6-8,13,17H,9-10H2,1-5H3. The third kappa shape index (κ3) is 5.54. The molecule has 20 heavy (non-hydrogen) atoms. The number of nitrogens with one attached hydrogen (secondary N) is 1. The van der Waals surface area contributed by atoms with Gasteiger partial charge in [0.25, 0.3) is 0 Å². The second kappa shape index (κ2) is 6.58. The molecule has 1 N–H and O–H groups in total. The van der Waals surface area contributed by atoms with Crippen molar-refractivity contribution in [2.45, 2.75) is 50.8 Å². The van der Waals surface area contributed by atoms with Crippen LogP contribution in [0.4, 0.5) is 0 Å². The van der Waals surface area contributed by atoms with Crippen LogP contribution in [0.2, 0.25) is 0 Å². The average Bonchev–Trinajstić information content (AvgIpc) is 2.27. The van der Waals surface area contributed by atoms with Gasteiger partial charge in [-0.2, -0.15) is 0 Å². The van der Waals surface area contributed by atoms with Crippen LogP contribution in [0.15, 0.2) is 23.1 Å². The molecule has 1 atom stereocenters. The summed E-state index contributed by atoms with van der Waals surface area (Å²) in [4.78, 5) is 0.496. The fourth-order valence-corrected chi connectivity index (χ4v) is 4.77. The van der Waals surface area contributed by atoms with Gasteiger partial charge in [0.15, 0.2) is 0 Å². The quantitative estimate of drug-likeness (QED) is 0.811. The predicted molar refractivity (Wildman–Crippen MR) is 87.9 cm³/mol. The molecule has 0 aliphatic carbocycles. The van der Waals surface area contributed by atoms with Crippen LogP contribution >= 0.6 is 15.9 Å². The van der Waals surface area contributed by atoms with Crippen molar-refractivity contribution in [3.05, 3.63) is 29.3 Å². The van der Waals surface area contributed by atoms with Gasteiger partial charge in [0.2, 0.25) is 10.0 Å². The van der Waals surface area contributed by atoms with E-state index in [1.807, 2.05) is 26.0 Å². The average molecular weight is 362 g/mol. The molecule has 5 heteroatoms. The van der Waals surface area contributed by atoms with Gasteiger partial charge in [-0.15, -0.1) is 0 Å². The van der Waals surface area contributed by atoms with Crippen LogP contribution in [0.25, 0.3) is 0 Å². The molecule has 0 saturated heterocycles. The van der Waals surface area contributed by atoms with E-state index in [9.17, 15) is 8.42 Å². The highest BCUT2D eigenvalue weighted by atomic mass is 79.9. The number of rotatable bonds is 5. The minimum atomic E-state index is -3.44. The lowest BCUT2D eigenvalue weighted by atomic mass is 9.91. The van der Waals surface area contributed by atoms with E-state index in [0.29, 0.717) is 11.4 Å². The fraction of sp³-hybridized carbons (Fsp3) is 0.600. The Morgan fingerprint density at radius 2 is 1.85 bits per heavy atom. The second-order valence-corrected chi connectivity index (χ2v) is 9.51. The zero-order chi connectivity index (χ0) is 15.6. The summed E-state index contributed by atoms with van der Waals surface area (Å²) in [7, 11) is -3.44. The van der Waals surface area contributed by atoms with E-state index < -0.39 is 10.0 Å². The Labute approximate surface area is 131 Å². The van der Waals surface area contributed by atoms with Crippen molar-refractivity contribution in [3.8, 4) is 0 Å². The van der Waals surface area contributed by atoms with Crippen LogP contribution in [0.1, 0.15) is 38.3 Å². The molecule has 0 aliphatic rings. The van der Waals surface area contributed by atoms with Gasteiger partial charge < -0.3 is 0 Å². The molecule has 0 heterocycles. The Morgan fingerprint density at radius 1 is 1.25 bits per heavy atom. The maximum atomic E-state index is 12.3. The van der Waals surface area contributed by atoms with Gasteiger partial charge in [-0.3, -0.25) is 0 Å². The number of aryl methyl sites for hydroxylation is 2. The highest BCUT2D eigenvalue weighted by Crippen LogP contribution is 2.24. The van der Waals surface area contributed by atoms with E-state index in [4.69, 9.17) is 0 Å². The minimum absolute atomic E-state index is 0.127. The highest BCUT2D eigenvalue weighted by Gasteiger charge is 2.21. The van der Waals surface area contributed by atoms with Gasteiger partial charge in [-0.25, -0.2) is 13.1 Å². The second-order valence-electron chi connectivity index (χ2n) is 6.48. The van der Waals surface area contributed by atoms with Crippen molar-refractivity contribution in [1.29, 1.82) is 0 Å². The summed E-state index contributed by atoms with van der Waals surface area (Å²) in [5, 5.41) is 0. The molecule has 3 nitrogen and oxygen atoms in total. The third-order valence-electron chi connectivity index (χ3n) is 2.96. The number of hydrogen-bond acceptors (Lipinski definition) is 2. The zero-order valence-corrected chi connectivity index (χ0v) is 15.2. The Hall–Kier alpha value is -0.390. The predicted octanol–water partition coefficient (Wildman–Crippen LogP) is 3.78. The van der Waals surface area contributed by atoms with E-state index in [-0.39, 0.29) is 10.2 Å². The van der Waals surface area contributed by atoms with E-state index in [1.54, 1.807) is 6.07 Å². The van der Waals surface area contributed by atoms with Crippen LogP contribution in [0.3, 0.4) is 0 Å². The maximum absolute atomic E-state index is 12.3. The maximum Gasteiger partial charge on any atom is 0.240 e. The van der Waals surface area contributed by atoms with Crippen molar-refractivity contribution in [2.75, 3.05) is 6.54 Å². The summed E-state index contributed by atoms with van der Waals surface area (Å²) in [6, 6.07) is 5.47. The lowest BCUT2D eigenvalue weighted by molar-refractivity contribution is 0.373. The van der Waals surface area contributed by atoms with Gasteiger partial charge in [0.1, 0.15) is 0 Å². The van der Waals surface area contributed by atoms with E-state index >= 15 is 0 Å². The van der Waals surface area contributed by atoms with Gasteiger partial charge >= 0.3 is 0 Å². The third-order valence-corrected chi connectivity index (χ3v) is 5.17. The summed E-state index contributed by atoms with van der Waals surface area (Å²) < 4.78 is 27.4. The SMILES string of the molecule is Cc1ccc(C)c(S(=O)(=O)NCC(Br)CC(C)(C)C)c1. The molecule has 0 saturated carbocycles. The fourth-order valence-electron chi connectivity index (χ4n) is 2.01. The number of alkyl halides is 1. The van der Waals surface area contributed by atoms with E-state index in [0.717, 1.165) is 17.5 Å². The summed E-state index contributed by atoms with van der Waals surface area (Å²) in [5.74, 6) is 0. The van der Waals surface area contributed by atoms with Crippen molar-refractivity contribution in [2.24, 2.45) is 5.41 Å². The monoisotopic (exact) mass is 361 g/mol. The van der Waals surface area contributed by atoms with Crippen LogP contribution < -0.4 is 4.72 Å². The molecule has 0 aromatic heterocycles. The molecular weight excluding hydrogens is 338 g/mol. The minimum Gasteiger partial charge on any atom is -0.210 e. The van der Waals surface area contributed by atoms with E-state index in [1.165, 1.54) is 0 Å². The smallest absolute Gasteiger partial charge is 0.210 e. The molecule has 1 unspecified atom stereocenters. The summed E-state index contributed by atoms with van der Waals surface area (Å²) in [6.45, 7) is 10.5. The van der Waals surface area contributed by atoms with Crippen LogP contribution in [0.5, 0.6) is 0 Å². The summed E-state index contributed by atoms with van der Waals surface area (Å²) in [5.41, 5.74) is 1.88. The molecular formula is C15H24BrNO2S. The van der Waals surface area contributed by atoms with Gasteiger partial charge in [0.05, 0.1) is 4.90 Å². The van der Waals surface area contributed by atoms with Crippen molar-refractivity contribution in [3.63, 3.8) is 0 Å². The van der Waals surface area contributed by atoms with Gasteiger partial charge in [-0.05, 0) is 42.9 Å². The summed E-state index contributed by atoms with van der Waals surface area (Å²) in [6.07, 6.45) is 0.905. The number of sulfonamides is 1. The Morgan fingerprint density at radius 3 is 2.40 bits per heavy atom. The number of halogens is 1. The summed E-state index contributed by atoms with van der Waals surface area (Å²) >= 11 is 3.54. The van der Waals surface area contributed by atoms with Crippen LogP contribution in [0, 0.1) is 19.3 Å². The Kier molecular flexibility index (Phi) is 5.81. The largest absolute Gasteiger partial charge is 0.240 e. The molecule has 114 valence electrons. The first-order valence-corrected chi connectivity index (χ1v) is 9.12. The molecule has 1 rings (SSSR count). The molecule has 0 amide bonds. The molecule has 0 aliphatic heterocycles. The number of benzene rings is 1. The Bertz CT molecular complexity index is 562. The van der Waals surface area contributed by atoms with Crippen molar-refractivity contribution >= 4 is 26.0 Å². The van der Waals surface area contributed by atoms with Crippen LogP contribution in [-0.2, 0) is 10.0 Å². The normalized spacial score (nSPS) is 14.3. The molecule has 0 bridgehead atoms. The lowest BCUT2D eigenvalue weighted by Crippen LogP contribution is -2.31.